The lowest BCUT2D eigenvalue weighted by atomic mass is 10.1. The first kappa shape index (κ1) is 17.7. The highest BCUT2D eigenvalue weighted by Gasteiger charge is 2.20. The van der Waals surface area contributed by atoms with Crippen LogP contribution in [0.4, 0.5) is 0 Å². The predicted octanol–water partition coefficient (Wildman–Crippen LogP) is 2.32. The van der Waals surface area contributed by atoms with E-state index in [1.54, 1.807) is 0 Å². The Labute approximate surface area is 148 Å². The average Bonchev–Trinajstić information content (AvgIpc) is 2.61. The molecule has 2 heterocycles. The third-order valence-corrected chi connectivity index (χ3v) is 4.95. The van der Waals surface area contributed by atoms with Crippen molar-refractivity contribution in [3.8, 4) is 0 Å². The van der Waals surface area contributed by atoms with Crippen molar-refractivity contribution in [2.45, 2.75) is 33.1 Å². The molecular formula is C20H27N3O2. The van der Waals surface area contributed by atoms with Gasteiger partial charge in [-0.25, -0.2) is 0 Å². The molecule has 5 heteroatoms. The van der Waals surface area contributed by atoms with Crippen molar-refractivity contribution in [1.29, 1.82) is 0 Å². The molecule has 0 radical (unpaired) electrons. The van der Waals surface area contributed by atoms with Crippen LogP contribution in [-0.4, -0.2) is 53.4 Å². The van der Waals surface area contributed by atoms with Crippen molar-refractivity contribution >= 4 is 16.8 Å². The van der Waals surface area contributed by atoms with E-state index in [9.17, 15) is 9.59 Å². The number of H-pyrrole nitrogens is 1. The van der Waals surface area contributed by atoms with Gasteiger partial charge in [-0.2, -0.15) is 0 Å². The maximum Gasteiger partial charge on any atom is 0.251 e. The number of hydrogen-bond donors (Lipinski definition) is 1. The number of piperazine rings is 1. The lowest BCUT2D eigenvalue weighted by Crippen LogP contribution is -2.48. The third kappa shape index (κ3) is 4.28. The van der Waals surface area contributed by atoms with Crippen molar-refractivity contribution in [1.82, 2.24) is 14.8 Å². The molecule has 1 amide bonds. The number of aromatic amines is 1. The minimum absolute atomic E-state index is 0.0862. The molecule has 5 nitrogen and oxygen atoms in total. The zero-order valence-corrected chi connectivity index (χ0v) is 15.2. The third-order valence-electron chi connectivity index (χ3n) is 4.95. The Morgan fingerprint density at radius 3 is 2.64 bits per heavy atom. The van der Waals surface area contributed by atoms with E-state index in [0.29, 0.717) is 18.4 Å². The zero-order chi connectivity index (χ0) is 17.8. The Kier molecular flexibility index (Phi) is 5.53. The second-order valence-electron chi connectivity index (χ2n) is 6.94. The summed E-state index contributed by atoms with van der Waals surface area (Å²) in [4.78, 5) is 32.0. The second-order valence-corrected chi connectivity index (χ2v) is 6.94. The van der Waals surface area contributed by atoms with E-state index in [0.717, 1.165) is 55.6 Å². The first-order valence-corrected chi connectivity index (χ1v) is 9.19. The fourth-order valence-corrected chi connectivity index (χ4v) is 3.49. The van der Waals surface area contributed by atoms with Crippen LogP contribution in [0.1, 0.15) is 30.9 Å². The van der Waals surface area contributed by atoms with Gasteiger partial charge in [-0.05, 0) is 49.9 Å². The Balaban J connectivity index is 1.61. The molecule has 0 atom stereocenters. The topological polar surface area (TPSA) is 56.4 Å². The van der Waals surface area contributed by atoms with E-state index in [-0.39, 0.29) is 11.5 Å². The number of aryl methyl sites for hydroxylation is 2. The van der Waals surface area contributed by atoms with Crippen LogP contribution in [0.25, 0.3) is 10.9 Å². The molecule has 25 heavy (non-hydrogen) atoms. The number of pyridine rings is 1. The second kappa shape index (κ2) is 7.83. The quantitative estimate of drug-likeness (QED) is 0.908. The first-order chi connectivity index (χ1) is 12.1. The van der Waals surface area contributed by atoms with Crippen LogP contribution in [0.15, 0.2) is 29.1 Å². The fraction of sp³-hybridized carbons (Fsp3) is 0.500. The highest BCUT2D eigenvalue weighted by atomic mass is 16.2. The molecule has 0 spiro atoms. The fourth-order valence-electron chi connectivity index (χ4n) is 3.49. The van der Waals surface area contributed by atoms with Crippen LogP contribution in [0.5, 0.6) is 0 Å². The van der Waals surface area contributed by atoms with Gasteiger partial charge in [0, 0.05) is 43.7 Å². The monoisotopic (exact) mass is 341 g/mol. The van der Waals surface area contributed by atoms with Gasteiger partial charge in [0.25, 0.3) is 5.56 Å². The van der Waals surface area contributed by atoms with Gasteiger partial charge in [0.2, 0.25) is 5.91 Å². The van der Waals surface area contributed by atoms with Crippen molar-refractivity contribution in [2.75, 3.05) is 32.7 Å². The molecule has 0 aliphatic carbocycles. The Morgan fingerprint density at radius 2 is 1.92 bits per heavy atom. The number of aromatic nitrogens is 1. The summed E-state index contributed by atoms with van der Waals surface area (Å²) in [6, 6.07) is 7.90. The van der Waals surface area contributed by atoms with Gasteiger partial charge in [0.05, 0.1) is 0 Å². The number of amides is 1. The smallest absolute Gasteiger partial charge is 0.251 e. The van der Waals surface area contributed by atoms with E-state index in [1.807, 2.05) is 30.0 Å². The molecule has 1 aliphatic rings. The highest BCUT2D eigenvalue weighted by Crippen LogP contribution is 2.14. The summed E-state index contributed by atoms with van der Waals surface area (Å²) in [5.74, 6) is 0.153. The molecule has 1 saturated heterocycles. The summed E-state index contributed by atoms with van der Waals surface area (Å²) in [7, 11) is 0. The number of carbonyl (C=O) groups is 1. The first-order valence-electron chi connectivity index (χ1n) is 9.19. The van der Waals surface area contributed by atoms with Crippen LogP contribution >= 0.6 is 0 Å². The largest absolute Gasteiger partial charge is 0.340 e. The SMILES string of the molecule is CCCN1CCN(C(=O)CCc2cc3cc(C)ccc3[nH]c2=O)CC1. The van der Waals surface area contributed by atoms with Crippen LogP contribution < -0.4 is 5.56 Å². The van der Waals surface area contributed by atoms with Crippen molar-refractivity contribution in [3.05, 3.63) is 45.7 Å². The van der Waals surface area contributed by atoms with E-state index in [2.05, 4.69) is 22.9 Å². The number of fused-ring (bicyclic) bond motifs is 1. The van der Waals surface area contributed by atoms with Crippen molar-refractivity contribution in [2.24, 2.45) is 0 Å². The summed E-state index contributed by atoms with van der Waals surface area (Å²) in [5.41, 5.74) is 2.61. The van der Waals surface area contributed by atoms with Gasteiger partial charge in [-0.3, -0.25) is 14.5 Å². The minimum atomic E-state index is -0.0862. The highest BCUT2D eigenvalue weighted by molar-refractivity contribution is 5.80. The normalized spacial score (nSPS) is 15.7. The molecule has 0 saturated carbocycles. The molecule has 134 valence electrons. The van der Waals surface area contributed by atoms with Crippen LogP contribution in [-0.2, 0) is 11.2 Å². The van der Waals surface area contributed by atoms with Crippen molar-refractivity contribution < 1.29 is 4.79 Å². The van der Waals surface area contributed by atoms with E-state index in [1.165, 1.54) is 0 Å². The van der Waals surface area contributed by atoms with Gasteiger partial charge in [0.15, 0.2) is 0 Å². The number of nitrogens with zero attached hydrogens (tertiary/aromatic N) is 2. The van der Waals surface area contributed by atoms with E-state index in [4.69, 9.17) is 0 Å². The van der Waals surface area contributed by atoms with Gasteiger partial charge < -0.3 is 9.88 Å². The molecule has 0 unspecified atom stereocenters. The maximum atomic E-state index is 12.5. The molecule has 2 aromatic rings. The minimum Gasteiger partial charge on any atom is -0.340 e. The number of carbonyl (C=O) groups excluding carboxylic acids is 1. The van der Waals surface area contributed by atoms with Gasteiger partial charge >= 0.3 is 0 Å². The Bertz CT molecular complexity index is 804. The lowest BCUT2D eigenvalue weighted by Gasteiger charge is -2.34. The van der Waals surface area contributed by atoms with Crippen molar-refractivity contribution in [3.63, 3.8) is 0 Å². The molecule has 3 rings (SSSR count). The summed E-state index contributed by atoms with van der Waals surface area (Å²) in [5, 5.41) is 1.02. The van der Waals surface area contributed by atoms with Crippen LogP contribution in [0.2, 0.25) is 0 Å². The number of hydrogen-bond acceptors (Lipinski definition) is 3. The number of nitrogens with one attached hydrogen (secondary N) is 1. The van der Waals surface area contributed by atoms with E-state index >= 15 is 0 Å². The predicted molar refractivity (Wildman–Crippen MR) is 101 cm³/mol. The summed E-state index contributed by atoms with van der Waals surface area (Å²) in [6.07, 6.45) is 2.04. The van der Waals surface area contributed by atoms with Gasteiger partial charge in [-0.15, -0.1) is 0 Å². The number of rotatable bonds is 5. The van der Waals surface area contributed by atoms with Crippen LogP contribution in [0.3, 0.4) is 0 Å². The molecule has 0 bridgehead atoms. The molecular weight excluding hydrogens is 314 g/mol. The average molecular weight is 341 g/mol. The summed E-state index contributed by atoms with van der Waals surface area (Å²) >= 11 is 0. The summed E-state index contributed by atoms with van der Waals surface area (Å²) < 4.78 is 0. The molecule has 1 fully saturated rings. The zero-order valence-electron chi connectivity index (χ0n) is 15.2. The molecule has 1 aromatic heterocycles. The number of benzene rings is 1. The standard InChI is InChI=1S/C20H27N3O2/c1-3-8-22-9-11-23(12-10-22)19(24)7-5-16-14-17-13-15(2)4-6-18(17)21-20(16)25/h4,6,13-14H,3,5,7-12H2,1-2H3,(H,21,25). The van der Waals surface area contributed by atoms with Crippen LogP contribution in [0, 0.1) is 6.92 Å². The molecule has 1 aromatic carbocycles. The Hall–Kier alpha value is -2.14. The van der Waals surface area contributed by atoms with Gasteiger partial charge in [-0.1, -0.05) is 18.6 Å². The van der Waals surface area contributed by atoms with E-state index < -0.39 is 0 Å². The Morgan fingerprint density at radius 1 is 1.16 bits per heavy atom. The lowest BCUT2D eigenvalue weighted by molar-refractivity contribution is -0.132. The van der Waals surface area contributed by atoms with Gasteiger partial charge in [0.1, 0.15) is 0 Å². The molecule has 1 N–H and O–H groups in total. The maximum absolute atomic E-state index is 12.5. The summed E-state index contributed by atoms with van der Waals surface area (Å²) in [6.45, 7) is 8.82. The molecule has 1 aliphatic heterocycles.